The fourth-order valence-corrected chi connectivity index (χ4v) is 2.11. The van der Waals surface area contributed by atoms with Crippen LogP contribution in [0.3, 0.4) is 0 Å². The molecule has 0 saturated heterocycles. The van der Waals surface area contributed by atoms with Gasteiger partial charge >= 0.3 is 0 Å². The highest BCUT2D eigenvalue weighted by Gasteiger charge is 2.09. The Morgan fingerprint density at radius 1 is 1.38 bits per heavy atom. The number of thioether (sulfide) groups is 1. The summed E-state index contributed by atoms with van der Waals surface area (Å²) in [7, 11) is 0. The largest absolute Gasteiger partial charge is 0.239 e. The Bertz CT molecular complexity index is 552. The lowest BCUT2D eigenvalue weighted by Gasteiger charge is -2.07. The van der Waals surface area contributed by atoms with E-state index in [0.29, 0.717) is 5.56 Å². The second-order valence-electron chi connectivity index (χ2n) is 3.37. The summed E-state index contributed by atoms with van der Waals surface area (Å²) in [4.78, 5) is 0.980. The monoisotopic (exact) mass is 229 g/mol. The molecular weight excluding hydrogens is 218 g/mol. The van der Waals surface area contributed by atoms with Crippen molar-refractivity contribution in [2.75, 3.05) is 6.26 Å². The van der Waals surface area contributed by atoms with Crippen molar-refractivity contribution in [2.45, 2.75) is 11.8 Å². The SMILES string of the molecule is CSc1cccc(-n2ccc(C)n2)c1C#N. The molecule has 0 radical (unpaired) electrons. The van der Waals surface area contributed by atoms with Crippen LogP contribution in [0.25, 0.3) is 5.69 Å². The van der Waals surface area contributed by atoms with Crippen molar-refractivity contribution in [2.24, 2.45) is 0 Å². The molecule has 0 saturated carbocycles. The van der Waals surface area contributed by atoms with Gasteiger partial charge in [0.05, 0.1) is 16.9 Å². The minimum Gasteiger partial charge on any atom is -0.239 e. The lowest BCUT2D eigenvalue weighted by atomic mass is 10.2. The average Bonchev–Trinajstić information content (AvgIpc) is 2.74. The Morgan fingerprint density at radius 2 is 2.19 bits per heavy atom. The van der Waals surface area contributed by atoms with Crippen molar-refractivity contribution in [3.8, 4) is 11.8 Å². The number of nitrogens with zero attached hydrogens (tertiary/aromatic N) is 3. The standard InChI is InChI=1S/C12H11N3S/c1-9-6-7-15(14-9)11-4-3-5-12(16-2)10(11)8-13/h3-7H,1-2H3. The third-order valence-corrected chi connectivity index (χ3v) is 3.09. The molecule has 1 heterocycles. The molecule has 0 spiro atoms. The zero-order chi connectivity index (χ0) is 11.5. The quantitative estimate of drug-likeness (QED) is 0.743. The van der Waals surface area contributed by atoms with Gasteiger partial charge in [0.15, 0.2) is 0 Å². The summed E-state index contributed by atoms with van der Waals surface area (Å²) >= 11 is 1.57. The van der Waals surface area contributed by atoms with E-state index < -0.39 is 0 Å². The Kier molecular flexibility index (Phi) is 2.97. The molecule has 0 aliphatic carbocycles. The zero-order valence-electron chi connectivity index (χ0n) is 9.14. The normalized spacial score (nSPS) is 10.1. The molecule has 2 rings (SSSR count). The van der Waals surface area contributed by atoms with Crippen LogP contribution < -0.4 is 0 Å². The average molecular weight is 229 g/mol. The van der Waals surface area contributed by atoms with Crippen LogP contribution in [-0.4, -0.2) is 16.0 Å². The lowest BCUT2D eigenvalue weighted by Crippen LogP contribution is -1.99. The van der Waals surface area contributed by atoms with E-state index >= 15 is 0 Å². The van der Waals surface area contributed by atoms with Gasteiger partial charge in [-0.05, 0) is 31.4 Å². The second-order valence-corrected chi connectivity index (χ2v) is 4.22. The van der Waals surface area contributed by atoms with Gasteiger partial charge in [0, 0.05) is 11.1 Å². The van der Waals surface area contributed by atoms with Crippen molar-refractivity contribution in [3.05, 3.63) is 41.7 Å². The van der Waals surface area contributed by atoms with Crippen LogP contribution in [-0.2, 0) is 0 Å². The smallest absolute Gasteiger partial charge is 0.103 e. The summed E-state index contributed by atoms with van der Waals surface area (Å²) in [5.41, 5.74) is 2.46. The molecule has 0 unspecified atom stereocenters. The molecule has 4 heteroatoms. The van der Waals surface area contributed by atoms with Gasteiger partial charge in [-0.25, -0.2) is 4.68 Å². The van der Waals surface area contributed by atoms with Gasteiger partial charge in [0.25, 0.3) is 0 Å². The molecule has 0 aliphatic heterocycles. The number of nitriles is 1. The molecule has 3 nitrogen and oxygen atoms in total. The third kappa shape index (κ3) is 1.82. The van der Waals surface area contributed by atoms with E-state index in [4.69, 9.17) is 0 Å². The Balaban J connectivity index is 2.61. The van der Waals surface area contributed by atoms with E-state index in [1.54, 1.807) is 16.4 Å². The first-order valence-electron chi connectivity index (χ1n) is 4.86. The van der Waals surface area contributed by atoms with Crippen molar-refractivity contribution in [1.82, 2.24) is 9.78 Å². The number of hydrogen-bond donors (Lipinski definition) is 0. The molecule has 0 amide bonds. The van der Waals surface area contributed by atoms with Crippen LogP contribution in [0.1, 0.15) is 11.3 Å². The first-order valence-corrected chi connectivity index (χ1v) is 6.08. The lowest BCUT2D eigenvalue weighted by molar-refractivity contribution is 0.856. The summed E-state index contributed by atoms with van der Waals surface area (Å²) in [6, 6.07) is 9.96. The predicted octanol–water partition coefficient (Wildman–Crippen LogP) is 2.77. The maximum atomic E-state index is 9.19. The fraction of sp³-hybridized carbons (Fsp3) is 0.167. The van der Waals surface area contributed by atoms with Gasteiger partial charge in [-0.15, -0.1) is 11.8 Å². The van der Waals surface area contributed by atoms with E-state index in [1.807, 2.05) is 43.6 Å². The summed E-state index contributed by atoms with van der Waals surface area (Å²) < 4.78 is 1.74. The third-order valence-electron chi connectivity index (χ3n) is 2.31. The highest BCUT2D eigenvalue weighted by Crippen LogP contribution is 2.24. The minimum absolute atomic E-state index is 0.679. The highest BCUT2D eigenvalue weighted by molar-refractivity contribution is 7.98. The van der Waals surface area contributed by atoms with Crippen molar-refractivity contribution in [1.29, 1.82) is 5.26 Å². The van der Waals surface area contributed by atoms with Gasteiger partial charge in [-0.2, -0.15) is 10.4 Å². The predicted molar refractivity (Wildman–Crippen MR) is 64.8 cm³/mol. The van der Waals surface area contributed by atoms with Crippen LogP contribution in [0, 0.1) is 18.3 Å². The fourth-order valence-electron chi connectivity index (χ4n) is 1.54. The molecule has 80 valence electrons. The molecular formula is C12H11N3S. The maximum absolute atomic E-state index is 9.19. The van der Waals surface area contributed by atoms with Gasteiger partial charge in [0.1, 0.15) is 6.07 Å². The van der Waals surface area contributed by atoms with Crippen molar-refractivity contribution < 1.29 is 0 Å². The molecule has 0 atom stereocenters. The summed E-state index contributed by atoms with van der Waals surface area (Å²) in [5, 5.41) is 13.5. The van der Waals surface area contributed by atoms with E-state index in [9.17, 15) is 5.26 Å². The number of aromatic nitrogens is 2. The highest BCUT2D eigenvalue weighted by atomic mass is 32.2. The number of aryl methyl sites for hydroxylation is 1. The summed E-state index contributed by atoms with van der Waals surface area (Å²) in [5.74, 6) is 0. The van der Waals surface area contributed by atoms with Gasteiger partial charge in [-0.1, -0.05) is 6.07 Å². The van der Waals surface area contributed by atoms with E-state index in [0.717, 1.165) is 16.3 Å². The minimum atomic E-state index is 0.679. The molecule has 0 bridgehead atoms. The van der Waals surface area contributed by atoms with E-state index in [2.05, 4.69) is 11.2 Å². The summed E-state index contributed by atoms with van der Waals surface area (Å²) in [6.07, 6.45) is 3.84. The van der Waals surface area contributed by atoms with Crippen LogP contribution in [0.15, 0.2) is 35.4 Å². The van der Waals surface area contributed by atoms with Crippen molar-refractivity contribution in [3.63, 3.8) is 0 Å². The van der Waals surface area contributed by atoms with Gasteiger partial charge in [0.2, 0.25) is 0 Å². The second kappa shape index (κ2) is 4.42. The summed E-state index contributed by atoms with van der Waals surface area (Å²) in [6.45, 7) is 1.93. The molecule has 2 aromatic rings. The Labute approximate surface area is 98.7 Å². The van der Waals surface area contributed by atoms with Crippen LogP contribution in [0.4, 0.5) is 0 Å². The van der Waals surface area contributed by atoms with Gasteiger partial charge in [-0.3, -0.25) is 0 Å². The Morgan fingerprint density at radius 3 is 2.75 bits per heavy atom. The molecule has 0 aliphatic rings. The molecule has 1 aromatic carbocycles. The number of benzene rings is 1. The number of rotatable bonds is 2. The first-order chi connectivity index (χ1) is 7.76. The molecule has 1 aromatic heterocycles. The van der Waals surface area contributed by atoms with Crippen molar-refractivity contribution >= 4 is 11.8 Å². The van der Waals surface area contributed by atoms with Gasteiger partial charge < -0.3 is 0 Å². The van der Waals surface area contributed by atoms with Crippen LogP contribution in [0.5, 0.6) is 0 Å². The van der Waals surface area contributed by atoms with Crippen LogP contribution in [0.2, 0.25) is 0 Å². The maximum Gasteiger partial charge on any atom is 0.103 e. The van der Waals surface area contributed by atoms with E-state index in [-0.39, 0.29) is 0 Å². The molecule has 0 fully saturated rings. The zero-order valence-corrected chi connectivity index (χ0v) is 9.95. The topological polar surface area (TPSA) is 41.6 Å². The Hall–Kier alpha value is -1.73. The van der Waals surface area contributed by atoms with E-state index in [1.165, 1.54) is 0 Å². The molecule has 16 heavy (non-hydrogen) atoms. The van der Waals surface area contributed by atoms with Crippen LogP contribution >= 0.6 is 11.8 Å². The first kappa shape index (κ1) is 10.8. The number of hydrogen-bond acceptors (Lipinski definition) is 3. The molecule has 0 N–H and O–H groups in total.